The predicted octanol–water partition coefficient (Wildman–Crippen LogP) is 1.42. The second-order valence-electron chi connectivity index (χ2n) is 7.24. The Morgan fingerprint density at radius 1 is 1.17 bits per heavy atom. The standard InChI is InChI=1S/C19H31N5O4S/c1-4-24-18(23-10-12-27-13-11-23)20-21-19(24)29-14(3)16(25)22-8-6-15(7-9-22)17(26)28-5-2/h14-15H,4-13H2,1-3H3. The molecule has 162 valence electrons. The molecule has 2 saturated heterocycles. The van der Waals surface area contributed by atoms with Crippen molar-refractivity contribution in [1.29, 1.82) is 0 Å². The van der Waals surface area contributed by atoms with Gasteiger partial charge >= 0.3 is 5.97 Å². The molecular formula is C19H31N5O4S. The van der Waals surface area contributed by atoms with E-state index in [4.69, 9.17) is 9.47 Å². The highest BCUT2D eigenvalue weighted by Crippen LogP contribution is 2.28. The van der Waals surface area contributed by atoms with Crippen molar-refractivity contribution in [3.8, 4) is 0 Å². The number of hydrogen-bond acceptors (Lipinski definition) is 8. The lowest BCUT2D eigenvalue weighted by Gasteiger charge is -2.32. The van der Waals surface area contributed by atoms with E-state index in [1.165, 1.54) is 11.8 Å². The molecule has 2 fully saturated rings. The molecule has 0 aromatic carbocycles. The number of morpholine rings is 1. The van der Waals surface area contributed by atoms with Crippen molar-refractivity contribution in [3.05, 3.63) is 0 Å². The Morgan fingerprint density at radius 2 is 1.86 bits per heavy atom. The quantitative estimate of drug-likeness (QED) is 0.479. The highest BCUT2D eigenvalue weighted by Gasteiger charge is 2.31. The van der Waals surface area contributed by atoms with E-state index in [9.17, 15) is 9.59 Å². The van der Waals surface area contributed by atoms with Crippen molar-refractivity contribution < 1.29 is 19.1 Å². The number of piperidine rings is 1. The molecule has 3 heterocycles. The zero-order valence-corrected chi connectivity index (χ0v) is 18.3. The lowest BCUT2D eigenvalue weighted by atomic mass is 9.97. The Bertz CT molecular complexity index is 699. The summed E-state index contributed by atoms with van der Waals surface area (Å²) in [5.74, 6) is 0.680. The summed E-state index contributed by atoms with van der Waals surface area (Å²) in [4.78, 5) is 28.8. The van der Waals surface area contributed by atoms with Crippen molar-refractivity contribution in [2.45, 2.75) is 50.6 Å². The number of amides is 1. The summed E-state index contributed by atoms with van der Waals surface area (Å²) in [6.07, 6.45) is 1.32. The Labute approximate surface area is 176 Å². The van der Waals surface area contributed by atoms with Crippen molar-refractivity contribution >= 4 is 29.6 Å². The predicted molar refractivity (Wildman–Crippen MR) is 110 cm³/mol. The Balaban J connectivity index is 1.57. The number of thioether (sulfide) groups is 1. The van der Waals surface area contributed by atoms with Gasteiger partial charge in [-0.25, -0.2) is 0 Å². The van der Waals surface area contributed by atoms with Gasteiger partial charge in [-0.05, 0) is 33.6 Å². The molecule has 0 bridgehead atoms. The number of aromatic nitrogens is 3. The van der Waals surface area contributed by atoms with Crippen LogP contribution in [0.1, 0.15) is 33.6 Å². The largest absolute Gasteiger partial charge is 0.466 e. The van der Waals surface area contributed by atoms with E-state index in [-0.39, 0.29) is 23.0 Å². The van der Waals surface area contributed by atoms with Crippen LogP contribution in [-0.2, 0) is 25.6 Å². The summed E-state index contributed by atoms with van der Waals surface area (Å²) in [5, 5.41) is 9.21. The first-order valence-electron chi connectivity index (χ1n) is 10.4. The van der Waals surface area contributed by atoms with Crippen LogP contribution in [0.4, 0.5) is 5.95 Å². The third-order valence-electron chi connectivity index (χ3n) is 5.36. The molecule has 10 heteroatoms. The monoisotopic (exact) mass is 425 g/mol. The first-order chi connectivity index (χ1) is 14.0. The van der Waals surface area contributed by atoms with Crippen LogP contribution in [0.5, 0.6) is 0 Å². The minimum absolute atomic E-state index is 0.0795. The van der Waals surface area contributed by atoms with Gasteiger partial charge in [-0.1, -0.05) is 11.8 Å². The maximum atomic E-state index is 12.9. The fourth-order valence-corrected chi connectivity index (χ4v) is 4.70. The van der Waals surface area contributed by atoms with Gasteiger partial charge in [0, 0.05) is 32.7 Å². The van der Waals surface area contributed by atoms with Gasteiger partial charge in [0.15, 0.2) is 5.16 Å². The van der Waals surface area contributed by atoms with Crippen LogP contribution in [0.15, 0.2) is 5.16 Å². The van der Waals surface area contributed by atoms with E-state index in [0.29, 0.717) is 45.8 Å². The van der Waals surface area contributed by atoms with E-state index in [1.54, 1.807) is 0 Å². The lowest BCUT2D eigenvalue weighted by Crippen LogP contribution is -2.43. The van der Waals surface area contributed by atoms with Crippen molar-refractivity contribution in [1.82, 2.24) is 19.7 Å². The highest BCUT2D eigenvalue weighted by molar-refractivity contribution is 8.00. The summed E-state index contributed by atoms with van der Waals surface area (Å²) in [7, 11) is 0. The summed E-state index contributed by atoms with van der Waals surface area (Å²) in [6.45, 7) is 11.1. The number of rotatable bonds is 7. The van der Waals surface area contributed by atoms with Crippen LogP contribution in [-0.4, -0.2) is 82.8 Å². The number of esters is 1. The molecule has 0 N–H and O–H groups in total. The Kier molecular flexibility index (Phi) is 7.77. The Morgan fingerprint density at radius 3 is 2.48 bits per heavy atom. The topological polar surface area (TPSA) is 89.8 Å². The second kappa shape index (κ2) is 10.3. The SMILES string of the molecule is CCOC(=O)C1CCN(C(=O)C(C)Sc2nnc(N3CCOCC3)n2CC)CC1. The maximum Gasteiger partial charge on any atom is 0.309 e. The number of anilines is 1. The average Bonchev–Trinajstić information content (AvgIpc) is 3.16. The maximum absolute atomic E-state index is 12.9. The molecule has 1 atom stereocenters. The van der Waals surface area contributed by atoms with Gasteiger partial charge in [-0.2, -0.15) is 0 Å². The van der Waals surface area contributed by atoms with E-state index in [1.807, 2.05) is 18.7 Å². The molecule has 0 radical (unpaired) electrons. The normalized spacial score (nSPS) is 19.3. The minimum atomic E-state index is -0.263. The zero-order valence-electron chi connectivity index (χ0n) is 17.5. The lowest BCUT2D eigenvalue weighted by molar-refractivity contribution is -0.151. The fraction of sp³-hybridized carbons (Fsp3) is 0.789. The molecule has 29 heavy (non-hydrogen) atoms. The van der Waals surface area contributed by atoms with Gasteiger partial charge in [0.25, 0.3) is 0 Å². The van der Waals surface area contributed by atoms with E-state index >= 15 is 0 Å². The minimum Gasteiger partial charge on any atom is -0.466 e. The average molecular weight is 426 g/mol. The van der Waals surface area contributed by atoms with E-state index in [0.717, 1.165) is 30.7 Å². The molecule has 2 aliphatic heterocycles. The molecule has 2 aliphatic rings. The van der Waals surface area contributed by atoms with Crippen LogP contribution < -0.4 is 4.90 Å². The van der Waals surface area contributed by atoms with Crippen LogP contribution in [0.3, 0.4) is 0 Å². The highest BCUT2D eigenvalue weighted by atomic mass is 32.2. The van der Waals surface area contributed by atoms with E-state index in [2.05, 4.69) is 26.6 Å². The van der Waals surface area contributed by atoms with Gasteiger partial charge in [0.05, 0.1) is 31.0 Å². The third-order valence-corrected chi connectivity index (χ3v) is 6.43. The zero-order chi connectivity index (χ0) is 20.8. The molecule has 9 nitrogen and oxygen atoms in total. The number of carbonyl (C=O) groups excluding carboxylic acids is 2. The third kappa shape index (κ3) is 5.22. The van der Waals surface area contributed by atoms with Gasteiger partial charge in [-0.3, -0.25) is 14.2 Å². The van der Waals surface area contributed by atoms with Crippen molar-refractivity contribution in [3.63, 3.8) is 0 Å². The Hall–Kier alpha value is -1.81. The first kappa shape index (κ1) is 21.9. The van der Waals surface area contributed by atoms with Crippen LogP contribution >= 0.6 is 11.8 Å². The fourth-order valence-electron chi connectivity index (χ4n) is 3.70. The van der Waals surface area contributed by atoms with Crippen LogP contribution in [0.2, 0.25) is 0 Å². The van der Waals surface area contributed by atoms with Gasteiger partial charge < -0.3 is 19.3 Å². The summed E-state index contributed by atoms with van der Waals surface area (Å²) in [6, 6.07) is 0. The molecule has 0 aliphatic carbocycles. The molecule has 1 aromatic heterocycles. The van der Waals surface area contributed by atoms with Crippen LogP contribution in [0, 0.1) is 5.92 Å². The number of ether oxygens (including phenoxy) is 2. The molecular weight excluding hydrogens is 394 g/mol. The van der Waals surface area contributed by atoms with Gasteiger partial charge in [0.1, 0.15) is 0 Å². The van der Waals surface area contributed by atoms with Crippen molar-refractivity contribution in [2.24, 2.45) is 5.92 Å². The number of carbonyl (C=O) groups is 2. The molecule has 0 spiro atoms. The summed E-state index contributed by atoms with van der Waals surface area (Å²) >= 11 is 1.45. The van der Waals surface area contributed by atoms with E-state index < -0.39 is 0 Å². The van der Waals surface area contributed by atoms with Gasteiger partial charge in [0.2, 0.25) is 11.9 Å². The molecule has 0 saturated carbocycles. The molecule has 1 unspecified atom stereocenters. The number of hydrogen-bond donors (Lipinski definition) is 0. The molecule has 1 aromatic rings. The summed E-state index contributed by atoms with van der Waals surface area (Å²) < 4.78 is 12.6. The molecule has 3 rings (SSSR count). The van der Waals surface area contributed by atoms with Gasteiger partial charge in [-0.15, -0.1) is 10.2 Å². The smallest absolute Gasteiger partial charge is 0.309 e. The first-order valence-corrected chi connectivity index (χ1v) is 11.3. The molecule has 1 amide bonds. The second-order valence-corrected chi connectivity index (χ2v) is 8.55. The summed E-state index contributed by atoms with van der Waals surface area (Å²) in [5.41, 5.74) is 0. The van der Waals surface area contributed by atoms with Crippen LogP contribution in [0.25, 0.3) is 0 Å². The number of likely N-dealkylation sites (tertiary alicyclic amines) is 1. The number of nitrogens with zero attached hydrogens (tertiary/aromatic N) is 5. The van der Waals surface area contributed by atoms with Crippen molar-refractivity contribution in [2.75, 3.05) is 50.9 Å².